The number of amides is 2. The maximum atomic E-state index is 12.2. The van der Waals surface area contributed by atoms with Gasteiger partial charge in [0.2, 0.25) is 5.91 Å². The highest BCUT2D eigenvalue weighted by molar-refractivity contribution is 6.74. The summed E-state index contributed by atoms with van der Waals surface area (Å²) in [5.74, 6) is -0.932. The highest BCUT2D eigenvalue weighted by Gasteiger charge is 2.37. The SMILES string of the molecule is CC(C)(C)[Si](C)(C)OCC[C@H](NC(=O)c1ccc(Cl)cc1)C(N)=O. The van der Waals surface area contributed by atoms with Crippen molar-refractivity contribution in [3.8, 4) is 0 Å². The number of nitrogens with one attached hydrogen (secondary N) is 1. The lowest BCUT2D eigenvalue weighted by atomic mass is 10.1. The van der Waals surface area contributed by atoms with Gasteiger partial charge in [-0.1, -0.05) is 32.4 Å². The van der Waals surface area contributed by atoms with E-state index in [4.69, 9.17) is 21.8 Å². The second-order valence-electron chi connectivity index (χ2n) is 7.33. The molecule has 0 heterocycles. The number of hydrogen-bond acceptors (Lipinski definition) is 3. The highest BCUT2D eigenvalue weighted by Crippen LogP contribution is 2.36. The maximum absolute atomic E-state index is 12.2. The Morgan fingerprint density at radius 2 is 1.79 bits per heavy atom. The molecular weight excluding hydrogens is 344 g/mol. The first-order valence-corrected chi connectivity index (χ1v) is 11.2. The van der Waals surface area contributed by atoms with Crippen molar-refractivity contribution in [3.05, 3.63) is 34.9 Å². The number of benzene rings is 1. The molecule has 1 rings (SSSR count). The minimum atomic E-state index is -1.90. The first-order chi connectivity index (χ1) is 10.9. The second-order valence-corrected chi connectivity index (χ2v) is 12.6. The summed E-state index contributed by atoms with van der Waals surface area (Å²) >= 11 is 5.80. The summed E-state index contributed by atoms with van der Waals surface area (Å²) in [5, 5.41) is 3.28. The van der Waals surface area contributed by atoms with E-state index < -0.39 is 20.3 Å². The molecule has 0 radical (unpaired) electrons. The number of primary amides is 1. The number of carbonyl (C=O) groups is 2. The Balaban J connectivity index is 2.63. The van der Waals surface area contributed by atoms with Crippen LogP contribution in [0.5, 0.6) is 0 Å². The lowest BCUT2D eigenvalue weighted by Gasteiger charge is -2.36. The maximum Gasteiger partial charge on any atom is 0.251 e. The van der Waals surface area contributed by atoms with Gasteiger partial charge in [-0.2, -0.15) is 0 Å². The number of nitrogens with two attached hydrogens (primary N) is 1. The molecule has 0 aromatic heterocycles. The summed E-state index contributed by atoms with van der Waals surface area (Å²) < 4.78 is 6.04. The third-order valence-corrected chi connectivity index (χ3v) is 9.22. The van der Waals surface area contributed by atoms with E-state index in [1.807, 2.05) is 0 Å². The van der Waals surface area contributed by atoms with Crippen molar-refractivity contribution in [1.29, 1.82) is 0 Å². The van der Waals surface area contributed by atoms with Crippen LogP contribution in [0.3, 0.4) is 0 Å². The van der Waals surface area contributed by atoms with Gasteiger partial charge in [-0.15, -0.1) is 0 Å². The third kappa shape index (κ3) is 5.92. The molecule has 0 saturated heterocycles. The predicted molar refractivity (Wildman–Crippen MR) is 99.7 cm³/mol. The van der Waals surface area contributed by atoms with Gasteiger partial charge in [-0.25, -0.2) is 0 Å². The fraction of sp³-hybridized carbons (Fsp3) is 0.529. The van der Waals surface area contributed by atoms with Crippen LogP contribution in [0.15, 0.2) is 24.3 Å². The van der Waals surface area contributed by atoms with Crippen LogP contribution in [0, 0.1) is 0 Å². The smallest absolute Gasteiger partial charge is 0.251 e. The molecule has 1 atom stereocenters. The Bertz CT molecular complexity index is 582. The normalized spacial score (nSPS) is 13.4. The minimum absolute atomic E-state index is 0.0851. The molecule has 3 N–H and O–H groups in total. The molecule has 0 saturated carbocycles. The fourth-order valence-electron chi connectivity index (χ4n) is 1.78. The molecule has 1 aromatic carbocycles. The standard InChI is InChI=1S/C17H27ClN2O3Si/c1-17(2,3)24(4,5)23-11-10-14(15(19)21)20-16(22)12-6-8-13(18)9-7-12/h6-9,14H,10-11H2,1-5H3,(H2,19,21)(H,20,22)/t14-/m0/s1. The fourth-order valence-corrected chi connectivity index (χ4v) is 2.96. The topological polar surface area (TPSA) is 81.4 Å². The zero-order chi connectivity index (χ0) is 18.5. The largest absolute Gasteiger partial charge is 0.417 e. The van der Waals surface area contributed by atoms with Crippen LogP contribution >= 0.6 is 11.6 Å². The van der Waals surface area contributed by atoms with Crippen LogP contribution in [-0.2, 0) is 9.22 Å². The van der Waals surface area contributed by atoms with Gasteiger partial charge < -0.3 is 15.5 Å². The zero-order valence-electron chi connectivity index (χ0n) is 15.0. The molecule has 0 aliphatic heterocycles. The van der Waals surface area contributed by atoms with Gasteiger partial charge in [-0.3, -0.25) is 9.59 Å². The summed E-state index contributed by atoms with van der Waals surface area (Å²) in [6.07, 6.45) is 0.348. The highest BCUT2D eigenvalue weighted by atomic mass is 35.5. The molecule has 7 heteroatoms. The summed E-state index contributed by atoms with van der Waals surface area (Å²) in [5.41, 5.74) is 5.83. The zero-order valence-corrected chi connectivity index (χ0v) is 16.7. The lowest BCUT2D eigenvalue weighted by molar-refractivity contribution is -0.120. The van der Waals surface area contributed by atoms with Gasteiger partial charge in [-0.05, 0) is 48.8 Å². The Morgan fingerprint density at radius 1 is 1.25 bits per heavy atom. The van der Waals surface area contributed by atoms with Crippen molar-refractivity contribution in [2.24, 2.45) is 5.73 Å². The Hall–Kier alpha value is -1.37. The van der Waals surface area contributed by atoms with Crippen molar-refractivity contribution in [2.75, 3.05) is 6.61 Å². The van der Waals surface area contributed by atoms with E-state index in [1.165, 1.54) is 0 Å². The molecule has 0 unspecified atom stereocenters. The summed E-state index contributed by atoms with van der Waals surface area (Å²) in [6, 6.07) is 5.67. The van der Waals surface area contributed by atoms with Crippen molar-refractivity contribution < 1.29 is 14.0 Å². The van der Waals surface area contributed by atoms with E-state index in [1.54, 1.807) is 24.3 Å². The summed E-state index contributed by atoms with van der Waals surface area (Å²) in [4.78, 5) is 23.8. The lowest BCUT2D eigenvalue weighted by Crippen LogP contribution is -2.46. The molecule has 2 amide bonds. The van der Waals surface area contributed by atoms with E-state index >= 15 is 0 Å². The van der Waals surface area contributed by atoms with Gasteiger partial charge >= 0.3 is 0 Å². The van der Waals surface area contributed by atoms with Gasteiger partial charge in [0, 0.05) is 17.2 Å². The van der Waals surface area contributed by atoms with E-state index in [2.05, 4.69) is 39.2 Å². The molecule has 24 heavy (non-hydrogen) atoms. The summed E-state index contributed by atoms with van der Waals surface area (Å²) in [7, 11) is -1.90. The van der Waals surface area contributed by atoms with Gasteiger partial charge in [0.05, 0.1) is 0 Å². The molecular formula is C17H27ClN2O3Si. The number of carbonyl (C=O) groups excluding carboxylic acids is 2. The Labute approximate surface area is 150 Å². The van der Waals surface area contributed by atoms with E-state index in [0.29, 0.717) is 23.6 Å². The summed E-state index contributed by atoms with van der Waals surface area (Å²) in [6.45, 7) is 11.1. The predicted octanol–water partition coefficient (Wildman–Crippen LogP) is 3.34. The molecule has 5 nitrogen and oxygen atoms in total. The van der Waals surface area contributed by atoms with Crippen LogP contribution in [0.2, 0.25) is 23.2 Å². The van der Waals surface area contributed by atoms with E-state index in [9.17, 15) is 9.59 Å². The quantitative estimate of drug-likeness (QED) is 0.722. The number of hydrogen-bond donors (Lipinski definition) is 2. The molecule has 0 aliphatic carbocycles. The van der Waals surface area contributed by atoms with Crippen molar-refractivity contribution in [3.63, 3.8) is 0 Å². The van der Waals surface area contributed by atoms with E-state index in [0.717, 1.165) is 0 Å². The first kappa shape index (κ1) is 20.7. The van der Waals surface area contributed by atoms with Gasteiger partial charge in [0.25, 0.3) is 5.91 Å². The molecule has 0 aliphatic rings. The van der Waals surface area contributed by atoms with Crippen LogP contribution in [0.1, 0.15) is 37.6 Å². The van der Waals surface area contributed by atoms with Crippen LogP contribution < -0.4 is 11.1 Å². The van der Waals surface area contributed by atoms with Crippen molar-refractivity contribution >= 4 is 31.7 Å². The number of rotatable bonds is 7. The average molecular weight is 371 g/mol. The monoisotopic (exact) mass is 370 g/mol. The van der Waals surface area contributed by atoms with Gasteiger partial charge in [0.15, 0.2) is 8.32 Å². The Morgan fingerprint density at radius 3 is 2.25 bits per heavy atom. The van der Waals surface area contributed by atoms with Crippen molar-refractivity contribution in [2.45, 2.75) is 51.4 Å². The van der Waals surface area contributed by atoms with Crippen LogP contribution in [-0.4, -0.2) is 32.8 Å². The first-order valence-electron chi connectivity index (χ1n) is 7.94. The van der Waals surface area contributed by atoms with Gasteiger partial charge in [0.1, 0.15) is 6.04 Å². The Kier molecular flexibility index (Phi) is 7.01. The van der Waals surface area contributed by atoms with Crippen LogP contribution in [0.4, 0.5) is 0 Å². The average Bonchev–Trinajstić information content (AvgIpc) is 2.45. The van der Waals surface area contributed by atoms with Crippen LogP contribution in [0.25, 0.3) is 0 Å². The molecule has 0 spiro atoms. The molecule has 1 aromatic rings. The van der Waals surface area contributed by atoms with Crippen molar-refractivity contribution in [1.82, 2.24) is 5.32 Å². The third-order valence-electron chi connectivity index (χ3n) is 4.43. The minimum Gasteiger partial charge on any atom is -0.417 e. The molecule has 0 bridgehead atoms. The molecule has 134 valence electrons. The van der Waals surface area contributed by atoms with E-state index in [-0.39, 0.29) is 10.9 Å². The second kappa shape index (κ2) is 8.14. The molecule has 0 fully saturated rings. The number of halogens is 1.